The van der Waals surface area contributed by atoms with E-state index in [4.69, 9.17) is 0 Å². The molecule has 0 unspecified atom stereocenters. The highest BCUT2D eigenvalue weighted by Crippen LogP contribution is 2.20. The van der Waals surface area contributed by atoms with Gasteiger partial charge in [-0.1, -0.05) is 49.6 Å². The molecule has 4 heteroatoms. The zero-order valence-corrected chi connectivity index (χ0v) is 12.8. The summed E-state index contributed by atoms with van der Waals surface area (Å²) in [5.41, 5.74) is 2.16. The minimum absolute atomic E-state index is 0.0441. The summed E-state index contributed by atoms with van der Waals surface area (Å²) in [6, 6.07) is 7.71. The van der Waals surface area contributed by atoms with Gasteiger partial charge in [0.15, 0.2) is 5.78 Å². The standard InChI is InChI=1S/C15H13NO.C3H6O2/c1-3-7-11(4-2)15(17)13-10-16-14-9-6-5-8-12(13)14;1-3(4)5-2/h3-10,16H,1-2H2;1-2H3/b11-7+;. The lowest BCUT2D eigenvalue weighted by atomic mass is 10.0. The number of aromatic amines is 1. The van der Waals surface area contributed by atoms with Crippen molar-refractivity contribution in [1.82, 2.24) is 4.98 Å². The fourth-order valence-electron chi connectivity index (χ4n) is 1.78. The van der Waals surface area contributed by atoms with E-state index in [1.54, 1.807) is 24.4 Å². The summed E-state index contributed by atoms with van der Waals surface area (Å²) >= 11 is 0. The lowest BCUT2D eigenvalue weighted by Crippen LogP contribution is -2.00. The van der Waals surface area contributed by atoms with Crippen LogP contribution >= 0.6 is 0 Å². The van der Waals surface area contributed by atoms with Gasteiger partial charge in [0.2, 0.25) is 0 Å². The molecule has 1 aromatic heterocycles. The molecule has 0 aliphatic heterocycles. The average molecular weight is 297 g/mol. The van der Waals surface area contributed by atoms with E-state index in [1.165, 1.54) is 14.0 Å². The Morgan fingerprint density at radius 2 is 1.86 bits per heavy atom. The highest BCUT2D eigenvalue weighted by molar-refractivity contribution is 6.17. The number of hydrogen-bond donors (Lipinski definition) is 1. The van der Waals surface area contributed by atoms with Crippen LogP contribution in [0.2, 0.25) is 0 Å². The first-order chi connectivity index (χ1) is 10.5. The smallest absolute Gasteiger partial charge is 0.302 e. The Labute approximate surface area is 129 Å². The van der Waals surface area contributed by atoms with Crippen molar-refractivity contribution in [3.8, 4) is 0 Å². The number of H-pyrrole nitrogens is 1. The Balaban J connectivity index is 0.000000422. The number of carbonyl (C=O) groups is 2. The topological polar surface area (TPSA) is 59.2 Å². The number of carbonyl (C=O) groups excluding carboxylic acids is 2. The number of fused-ring (bicyclic) bond motifs is 1. The molecule has 0 aliphatic rings. The summed E-state index contributed by atoms with van der Waals surface area (Å²) in [6.07, 6.45) is 6.53. The molecular formula is C18H19NO3. The second-order valence-electron chi connectivity index (χ2n) is 4.33. The second kappa shape index (κ2) is 8.42. The number of allylic oxidation sites excluding steroid dienone is 4. The van der Waals surface area contributed by atoms with Crippen molar-refractivity contribution in [2.45, 2.75) is 6.92 Å². The van der Waals surface area contributed by atoms with Crippen LogP contribution in [0.15, 0.2) is 67.4 Å². The minimum Gasteiger partial charge on any atom is -0.469 e. The van der Waals surface area contributed by atoms with Crippen molar-refractivity contribution >= 4 is 22.7 Å². The Hall–Kier alpha value is -2.88. The van der Waals surface area contributed by atoms with Crippen LogP contribution in [0.1, 0.15) is 17.3 Å². The van der Waals surface area contributed by atoms with Gasteiger partial charge in [0, 0.05) is 35.2 Å². The van der Waals surface area contributed by atoms with E-state index in [0.29, 0.717) is 11.1 Å². The third-order valence-electron chi connectivity index (χ3n) is 2.90. The highest BCUT2D eigenvalue weighted by Gasteiger charge is 2.13. The first-order valence-corrected chi connectivity index (χ1v) is 6.65. The maximum absolute atomic E-state index is 12.2. The van der Waals surface area contributed by atoms with Crippen LogP contribution in [-0.4, -0.2) is 23.8 Å². The molecule has 114 valence electrons. The third kappa shape index (κ3) is 4.31. The zero-order valence-electron chi connectivity index (χ0n) is 12.8. The normalized spacial score (nSPS) is 10.4. The molecule has 0 fully saturated rings. The van der Waals surface area contributed by atoms with E-state index in [-0.39, 0.29) is 11.8 Å². The molecule has 1 N–H and O–H groups in total. The number of aromatic nitrogens is 1. The molecule has 1 heterocycles. The van der Waals surface area contributed by atoms with Crippen molar-refractivity contribution in [3.63, 3.8) is 0 Å². The Bertz CT molecular complexity index is 723. The summed E-state index contributed by atoms with van der Waals surface area (Å²) in [4.78, 5) is 24.9. The van der Waals surface area contributed by atoms with Gasteiger partial charge in [-0.15, -0.1) is 0 Å². The van der Waals surface area contributed by atoms with Gasteiger partial charge >= 0.3 is 5.97 Å². The van der Waals surface area contributed by atoms with E-state index in [1.807, 2.05) is 24.3 Å². The Morgan fingerprint density at radius 3 is 2.41 bits per heavy atom. The molecule has 0 radical (unpaired) electrons. The van der Waals surface area contributed by atoms with Crippen molar-refractivity contribution < 1.29 is 14.3 Å². The highest BCUT2D eigenvalue weighted by atomic mass is 16.5. The predicted molar refractivity (Wildman–Crippen MR) is 88.8 cm³/mol. The van der Waals surface area contributed by atoms with Crippen LogP contribution in [-0.2, 0) is 9.53 Å². The van der Waals surface area contributed by atoms with Crippen LogP contribution in [0.5, 0.6) is 0 Å². The number of ketones is 1. The fourth-order valence-corrected chi connectivity index (χ4v) is 1.78. The van der Waals surface area contributed by atoms with Gasteiger partial charge in [-0.3, -0.25) is 9.59 Å². The average Bonchev–Trinajstić information content (AvgIpc) is 2.96. The monoisotopic (exact) mass is 297 g/mol. The molecule has 2 aromatic rings. The number of para-hydroxylation sites is 1. The Morgan fingerprint density at radius 1 is 1.23 bits per heavy atom. The molecule has 0 amide bonds. The van der Waals surface area contributed by atoms with E-state index in [0.717, 1.165) is 10.9 Å². The van der Waals surface area contributed by atoms with Gasteiger partial charge in [0.1, 0.15) is 0 Å². The van der Waals surface area contributed by atoms with E-state index in [9.17, 15) is 9.59 Å². The van der Waals surface area contributed by atoms with E-state index in [2.05, 4.69) is 22.9 Å². The molecule has 0 bridgehead atoms. The first kappa shape index (κ1) is 17.2. The molecule has 0 atom stereocenters. The van der Waals surface area contributed by atoms with Crippen molar-refractivity contribution in [3.05, 3.63) is 73.0 Å². The SMILES string of the molecule is C=C/C=C(\C=C)C(=O)c1c[nH]c2ccccc12.COC(C)=O. The molecule has 4 nitrogen and oxygen atoms in total. The predicted octanol–water partition coefficient (Wildman–Crippen LogP) is 3.83. The quantitative estimate of drug-likeness (QED) is 0.404. The van der Waals surface area contributed by atoms with Crippen molar-refractivity contribution in [2.24, 2.45) is 0 Å². The van der Waals surface area contributed by atoms with E-state index >= 15 is 0 Å². The number of ether oxygens (including phenoxy) is 1. The molecule has 0 aliphatic carbocycles. The number of esters is 1. The van der Waals surface area contributed by atoms with Crippen LogP contribution in [0.4, 0.5) is 0 Å². The summed E-state index contributed by atoms with van der Waals surface area (Å²) in [5, 5.41) is 0.925. The first-order valence-electron chi connectivity index (χ1n) is 6.65. The number of nitrogens with one attached hydrogen (secondary N) is 1. The van der Waals surface area contributed by atoms with Gasteiger partial charge in [-0.25, -0.2) is 0 Å². The fraction of sp³-hybridized carbons (Fsp3) is 0.111. The number of Topliss-reactive ketones (excluding diaryl/α,β-unsaturated/α-hetero) is 1. The van der Waals surface area contributed by atoms with Gasteiger partial charge in [-0.2, -0.15) is 0 Å². The van der Waals surface area contributed by atoms with Gasteiger partial charge in [0.25, 0.3) is 0 Å². The number of hydrogen-bond acceptors (Lipinski definition) is 3. The molecule has 0 spiro atoms. The number of rotatable bonds is 4. The minimum atomic E-state index is -0.245. The number of benzene rings is 1. The molecular weight excluding hydrogens is 278 g/mol. The molecule has 2 rings (SSSR count). The molecule has 0 saturated heterocycles. The zero-order chi connectivity index (χ0) is 16.5. The third-order valence-corrected chi connectivity index (χ3v) is 2.90. The molecule has 1 aromatic carbocycles. The molecule has 0 saturated carbocycles. The summed E-state index contributed by atoms with van der Waals surface area (Å²) < 4.78 is 4.11. The van der Waals surface area contributed by atoms with Gasteiger partial charge in [0.05, 0.1) is 7.11 Å². The Kier molecular flexibility index (Phi) is 6.57. The summed E-state index contributed by atoms with van der Waals surface area (Å²) in [5.74, 6) is -0.289. The number of methoxy groups -OCH3 is 1. The summed E-state index contributed by atoms with van der Waals surface area (Å²) in [7, 11) is 1.35. The van der Waals surface area contributed by atoms with Crippen LogP contribution in [0, 0.1) is 0 Å². The largest absolute Gasteiger partial charge is 0.469 e. The van der Waals surface area contributed by atoms with Crippen LogP contribution in [0.3, 0.4) is 0 Å². The summed E-state index contributed by atoms with van der Waals surface area (Å²) in [6.45, 7) is 8.59. The van der Waals surface area contributed by atoms with E-state index < -0.39 is 0 Å². The van der Waals surface area contributed by atoms with Gasteiger partial charge in [-0.05, 0) is 6.07 Å². The molecule has 22 heavy (non-hydrogen) atoms. The second-order valence-corrected chi connectivity index (χ2v) is 4.33. The maximum Gasteiger partial charge on any atom is 0.302 e. The van der Waals surface area contributed by atoms with Crippen molar-refractivity contribution in [2.75, 3.05) is 7.11 Å². The lowest BCUT2D eigenvalue weighted by Gasteiger charge is -1.99. The lowest BCUT2D eigenvalue weighted by molar-refractivity contribution is -0.137. The van der Waals surface area contributed by atoms with Crippen LogP contribution < -0.4 is 0 Å². The van der Waals surface area contributed by atoms with Crippen molar-refractivity contribution in [1.29, 1.82) is 0 Å². The van der Waals surface area contributed by atoms with Crippen LogP contribution in [0.25, 0.3) is 10.9 Å². The maximum atomic E-state index is 12.2. The van der Waals surface area contributed by atoms with Gasteiger partial charge < -0.3 is 9.72 Å².